The third-order valence-corrected chi connectivity index (χ3v) is 30.8. The summed E-state index contributed by atoms with van der Waals surface area (Å²) in [7, 11) is 0. The SMILES string of the molecule is CC1=Cc2c(-c3cc4ccccc4c4ccccc34)cccc2[CH]1[Zr+2]([CH]1c2cc(C(C)(C)C)ccc2-c2ccc(C(C)(C)C)cc21)=[Si](C)C.[Cl-].[Cl-]. The quantitative estimate of drug-likeness (QED) is 0.130. The Morgan fingerprint density at radius 1 is 0.510 bits per heavy atom. The Hall–Kier alpha value is -2.74. The topological polar surface area (TPSA) is 0 Å². The molecule has 2 aliphatic carbocycles. The van der Waals surface area contributed by atoms with Crippen LogP contribution in [0.4, 0.5) is 0 Å². The van der Waals surface area contributed by atoms with E-state index in [2.05, 4.69) is 177 Å². The van der Waals surface area contributed by atoms with Gasteiger partial charge in [-0.05, 0) is 0 Å². The van der Waals surface area contributed by atoms with E-state index in [4.69, 9.17) is 0 Å². The molecule has 0 saturated heterocycles. The van der Waals surface area contributed by atoms with Crippen molar-refractivity contribution in [3.8, 4) is 22.3 Å². The maximum Gasteiger partial charge on any atom is -1.00 e. The second kappa shape index (κ2) is 13.9. The smallest absolute Gasteiger partial charge is 1.00 e. The van der Waals surface area contributed by atoms with Crippen molar-refractivity contribution in [1.29, 1.82) is 0 Å². The Labute approximate surface area is 325 Å². The van der Waals surface area contributed by atoms with Crippen LogP contribution in [0.15, 0.2) is 115 Å². The molecule has 2 aliphatic rings. The maximum atomic E-state index is 2.66. The zero-order valence-electron chi connectivity index (χ0n) is 31.4. The Morgan fingerprint density at radius 3 is 1.63 bits per heavy atom. The van der Waals surface area contributed by atoms with Gasteiger partial charge in [-0.15, -0.1) is 0 Å². The molecule has 0 amide bonds. The summed E-state index contributed by atoms with van der Waals surface area (Å²) in [5.74, 6) is 0. The molecular formula is C47H48Cl2SiZr. The molecular weight excluding hydrogens is 755 g/mol. The second-order valence-corrected chi connectivity index (χ2v) is 34.7. The van der Waals surface area contributed by atoms with Gasteiger partial charge in [0, 0.05) is 0 Å². The van der Waals surface area contributed by atoms with Gasteiger partial charge in [-0.2, -0.15) is 0 Å². The molecule has 0 saturated carbocycles. The summed E-state index contributed by atoms with van der Waals surface area (Å²) in [5.41, 5.74) is 16.3. The van der Waals surface area contributed by atoms with Crippen LogP contribution in [-0.4, -0.2) is 5.43 Å². The predicted octanol–water partition coefficient (Wildman–Crippen LogP) is 7.36. The first kappa shape index (κ1) is 38.0. The zero-order chi connectivity index (χ0) is 34.4. The molecule has 0 bridgehead atoms. The molecule has 0 aromatic heterocycles. The Kier molecular flexibility index (Phi) is 10.4. The van der Waals surface area contributed by atoms with Gasteiger partial charge in [0.2, 0.25) is 0 Å². The van der Waals surface area contributed by atoms with E-state index in [-0.39, 0.29) is 35.6 Å². The van der Waals surface area contributed by atoms with Crippen LogP contribution in [0.3, 0.4) is 0 Å². The first-order valence-corrected chi connectivity index (χ1v) is 27.0. The molecule has 0 radical (unpaired) electrons. The van der Waals surface area contributed by atoms with Crippen molar-refractivity contribution in [2.45, 2.75) is 79.6 Å². The van der Waals surface area contributed by atoms with E-state index in [1.165, 1.54) is 60.5 Å². The summed E-state index contributed by atoms with van der Waals surface area (Å²) >= 11 is -2.34. The fourth-order valence-electron chi connectivity index (χ4n) is 8.75. The van der Waals surface area contributed by atoms with Gasteiger partial charge < -0.3 is 24.8 Å². The van der Waals surface area contributed by atoms with Crippen LogP contribution in [-0.2, 0) is 31.2 Å². The Morgan fingerprint density at radius 2 is 1.06 bits per heavy atom. The van der Waals surface area contributed by atoms with Crippen molar-refractivity contribution in [1.82, 2.24) is 0 Å². The standard InChI is InChI=1S/C24H17.C21H25.C2H6Si.2ClH.Zr/c1-16-13-17-8-6-12-22(23(17)14-16)24-15-18-7-2-3-9-19(18)20-10-4-5-11-21(20)24;1-20(2,3)16-7-9-18-14(12-16)11-15-13-17(21(4,5)6)8-10-19(15)18;1-3-2;;;/h2-15H,1H3;7-13H,1-6H3;1-2H3;2*1H;/q;;;;;+2/p-2. The molecule has 0 heterocycles. The Bertz CT molecular complexity index is 2340. The van der Waals surface area contributed by atoms with Gasteiger partial charge in [-0.25, -0.2) is 0 Å². The molecule has 51 heavy (non-hydrogen) atoms. The molecule has 0 nitrogen and oxygen atoms in total. The summed E-state index contributed by atoms with van der Waals surface area (Å²) in [5, 5.41) is 5.34. The molecule has 0 N–H and O–H groups in total. The van der Waals surface area contributed by atoms with E-state index in [0.717, 1.165) is 0 Å². The van der Waals surface area contributed by atoms with Crippen LogP contribution >= 0.6 is 0 Å². The number of hydrogen-bond donors (Lipinski definition) is 0. The molecule has 4 heteroatoms. The minimum Gasteiger partial charge on any atom is -1.00 e. The normalized spacial score (nSPS) is 14.9. The van der Waals surface area contributed by atoms with Crippen molar-refractivity contribution in [3.63, 3.8) is 0 Å². The summed E-state index contributed by atoms with van der Waals surface area (Å²) in [6, 6.07) is 42.6. The number of halogens is 2. The van der Waals surface area contributed by atoms with E-state index >= 15 is 0 Å². The molecule has 0 fully saturated rings. The number of benzene rings is 6. The first-order chi connectivity index (χ1) is 23.3. The number of rotatable bonds is 3. The van der Waals surface area contributed by atoms with E-state index < -0.39 is 25.8 Å². The van der Waals surface area contributed by atoms with Gasteiger partial charge in [-0.3, -0.25) is 0 Å². The van der Waals surface area contributed by atoms with Crippen LogP contribution in [0.1, 0.15) is 89.1 Å². The summed E-state index contributed by atoms with van der Waals surface area (Å²) in [6.07, 6.45) is 2.60. The van der Waals surface area contributed by atoms with Gasteiger partial charge in [0.05, 0.1) is 0 Å². The maximum absolute atomic E-state index is 2.66. The molecule has 6 aromatic carbocycles. The van der Waals surface area contributed by atoms with E-state index in [1.807, 2.05) is 0 Å². The summed E-state index contributed by atoms with van der Waals surface area (Å²) in [6.45, 7) is 22.0. The third-order valence-electron chi connectivity index (χ3n) is 11.3. The van der Waals surface area contributed by atoms with Crippen molar-refractivity contribution in [2.24, 2.45) is 0 Å². The molecule has 0 spiro atoms. The minimum absolute atomic E-state index is 0. The Balaban J connectivity index is 0.00000224. The van der Waals surface area contributed by atoms with Gasteiger partial charge >= 0.3 is 303 Å². The van der Waals surface area contributed by atoms with E-state index in [0.29, 0.717) is 7.25 Å². The minimum atomic E-state index is -2.34. The van der Waals surface area contributed by atoms with Crippen molar-refractivity contribution in [3.05, 3.63) is 148 Å². The van der Waals surface area contributed by atoms with Crippen LogP contribution < -0.4 is 24.8 Å². The first-order valence-electron chi connectivity index (χ1n) is 18.0. The summed E-state index contributed by atoms with van der Waals surface area (Å²) in [4.78, 5) is 0. The average Bonchev–Trinajstić information content (AvgIpc) is 3.57. The molecule has 258 valence electrons. The predicted molar refractivity (Wildman–Crippen MR) is 212 cm³/mol. The molecule has 1 atom stereocenters. The number of hydrogen-bond acceptors (Lipinski definition) is 0. The summed E-state index contributed by atoms with van der Waals surface area (Å²) < 4.78 is 1.14. The van der Waals surface area contributed by atoms with Crippen LogP contribution in [0.5, 0.6) is 0 Å². The monoisotopic (exact) mass is 800 g/mol. The van der Waals surface area contributed by atoms with E-state index in [9.17, 15) is 0 Å². The van der Waals surface area contributed by atoms with Gasteiger partial charge in [-0.1, -0.05) is 0 Å². The molecule has 0 aliphatic heterocycles. The molecule has 6 aromatic rings. The van der Waals surface area contributed by atoms with Crippen molar-refractivity contribution < 1.29 is 45.2 Å². The average molecular weight is 803 g/mol. The fourth-order valence-corrected chi connectivity index (χ4v) is 29.0. The molecule has 8 rings (SSSR count). The second-order valence-electron chi connectivity index (χ2n) is 16.8. The fraction of sp³-hybridized carbons (Fsp3) is 0.277. The van der Waals surface area contributed by atoms with E-state index in [1.54, 1.807) is 22.3 Å². The van der Waals surface area contributed by atoms with Crippen LogP contribution in [0.2, 0.25) is 13.1 Å². The third kappa shape index (κ3) is 6.37. The van der Waals surface area contributed by atoms with Crippen molar-refractivity contribution >= 4 is 33.1 Å². The van der Waals surface area contributed by atoms with Gasteiger partial charge in [0.15, 0.2) is 0 Å². The van der Waals surface area contributed by atoms with Crippen LogP contribution in [0, 0.1) is 0 Å². The molecule has 1 unspecified atom stereocenters. The van der Waals surface area contributed by atoms with Crippen molar-refractivity contribution in [2.75, 3.05) is 0 Å². The zero-order valence-corrected chi connectivity index (χ0v) is 36.4. The van der Waals surface area contributed by atoms with Gasteiger partial charge in [0.25, 0.3) is 0 Å². The van der Waals surface area contributed by atoms with Crippen LogP contribution in [0.25, 0.3) is 49.9 Å². The van der Waals surface area contributed by atoms with Gasteiger partial charge in [0.1, 0.15) is 0 Å². The number of fused-ring (bicyclic) bond motifs is 7. The number of allylic oxidation sites excluding steroid dienone is 1. The largest absolute Gasteiger partial charge is 1.00 e.